The molecule has 1 aromatic carbocycles. The first-order valence-electron chi connectivity index (χ1n) is 4.44. The summed E-state index contributed by atoms with van der Waals surface area (Å²) >= 11 is 0. The molecular weight excluding hydrogens is 194 g/mol. The van der Waals surface area contributed by atoms with E-state index in [4.69, 9.17) is 14.7 Å². The maximum absolute atomic E-state index is 11.4. The zero-order chi connectivity index (χ0) is 11.1. The molecule has 0 aliphatic rings. The molecule has 1 rings (SSSR count). The Balaban J connectivity index is 2.55. The van der Waals surface area contributed by atoms with Crippen LogP contribution in [0.25, 0.3) is 0 Å². The van der Waals surface area contributed by atoms with Crippen LogP contribution >= 0.6 is 0 Å². The third kappa shape index (κ3) is 3.41. The number of esters is 1. The molecule has 0 saturated heterocycles. The van der Waals surface area contributed by atoms with Gasteiger partial charge in [-0.25, -0.2) is 4.79 Å². The molecule has 1 aromatic rings. The summed E-state index contributed by atoms with van der Waals surface area (Å²) in [6.07, 6.45) is 0. The molecule has 0 atom stereocenters. The van der Waals surface area contributed by atoms with Gasteiger partial charge in [-0.3, -0.25) is 0 Å². The van der Waals surface area contributed by atoms with Crippen molar-refractivity contribution in [3.8, 4) is 6.07 Å². The van der Waals surface area contributed by atoms with E-state index in [1.807, 2.05) is 6.07 Å². The molecule has 0 radical (unpaired) electrons. The van der Waals surface area contributed by atoms with E-state index in [0.717, 1.165) is 0 Å². The van der Waals surface area contributed by atoms with Gasteiger partial charge in [0.25, 0.3) is 0 Å². The van der Waals surface area contributed by atoms with Gasteiger partial charge in [-0.05, 0) is 24.3 Å². The van der Waals surface area contributed by atoms with Crippen molar-refractivity contribution < 1.29 is 14.3 Å². The number of nitrogens with zero attached hydrogens (tertiary/aromatic N) is 1. The van der Waals surface area contributed by atoms with Crippen molar-refractivity contribution in [1.29, 1.82) is 5.26 Å². The number of rotatable bonds is 4. The first kappa shape index (κ1) is 11.2. The zero-order valence-electron chi connectivity index (χ0n) is 8.40. The van der Waals surface area contributed by atoms with E-state index in [1.165, 1.54) is 7.11 Å². The first-order chi connectivity index (χ1) is 7.27. The van der Waals surface area contributed by atoms with E-state index < -0.39 is 5.97 Å². The summed E-state index contributed by atoms with van der Waals surface area (Å²) in [5.41, 5.74) is 0.952. The maximum atomic E-state index is 11.4. The van der Waals surface area contributed by atoms with E-state index in [2.05, 4.69) is 0 Å². The van der Waals surface area contributed by atoms with Crippen LogP contribution in [-0.2, 0) is 9.47 Å². The molecule has 0 aromatic heterocycles. The van der Waals surface area contributed by atoms with E-state index >= 15 is 0 Å². The average Bonchev–Trinajstić information content (AvgIpc) is 2.29. The summed E-state index contributed by atoms with van der Waals surface area (Å²) in [7, 11) is 1.54. The Morgan fingerprint density at radius 3 is 2.53 bits per heavy atom. The first-order valence-corrected chi connectivity index (χ1v) is 4.44. The Bertz CT molecular complexity index is 364. The monoisotopic (exact) mass is 205 g/mol. The van der Waals surface area contributed by atoms with Crippen molar-refractivity contribution in [2.24, 2.45) is 0 Å². The number of nitriles is 1. The number of methoxy groups -OCH3 is 1. The minimum absolute atomic E-state index is 0.231. The Kier molecular flexibility index (Phi) is 4.32. The van der Waals surface area contributed by atoms with Crippen LogP contribution in [-0.4, -0.2) is 26.3 Å². The Labute approximate surface area is 88.0 Å². The van der Waals surface area contributed by atoms with E-state index in [9.17, 15) is 4.79 Å². The summed E-state index contributed by atoms with van der Waals surface area (Å²) in [4.78, 5) is 11.4. The fraction of sp³-hybridized carbons (Fsp3) is 0.273. The zero-order valence-corrected chi connectivity index (χ0v) is 8.40. The second-order valence-corrected chi connectivity index (χ2v) is 2.82. The van der Waals surface area contributed by atoms with Crippen molar-refractivity contribution in [1.82, 2.24) is 0 Å². The number of benzene rings is 1. The lowest BCUT2D eigenvalue weighted by atomic mass is 10.1. The van der Waals surface area contributed by atoms with Crippen LogP contribution in [0.15, 0.2) is 24.3 Å². The molecule has 0 heterocycles. The second-order valence-electron chi connectivity index (χ2n) is 2.82. The average molecular weight is 205 g/mol. The number of hydrogen-bond acceptors (Lipinski definition) is 4. The van der Waals surface area contributed by atoms with Crippen LogP contribution in [0, 0.1) is 11.3 Å². The SMILES string of the molecule is COCCOC(=O)c1ccc(C#N)cc1. The highest BCUT2D eigenvalue weighted by molar-refractivity contribution is 5.89. The summed E-state index contributed by atoms with van der Waals surface area (Å²) in [5, 5.41) is 8.56. The highest BCUT2D eigenvalue weighted by atomic mass is 16.6. The topological polar surface area (TPSA) is 59.3 Å². The second kappa shape index (κ2) is 5.78. The highest BCUT2D eigenvalue weighted by Crippen LogP contribution is 2.04. The molecule has 0 spiro atoms. The van der Waals surface area contributed by atoms with Gasteiger partial charge >= 0.3 is 5.97 Å². The predicted octanol–water partition coefficient (Wildman–Crippen LogP) is 1.36. The van der Waals surface area contributed by atoms with Gasteiger partial charge in [0.2, 0.25) is 0 Å². The molecule has 0 N–H and O–H groups in total. The number of carbonyl (C=O) groups excluding carboxylic acids is 1. The lowest BCUT2D eigenvalue weighted by Crippen LogP contribution is -2.09. The van der Waals surface area contributed by atoms with Gasteiger partial charge in [0.05, 0.1) is 23.8 Å². The summed E-state index contributed by atoms with van der Waals surface area (Å²) in [5.74, 6) is -0.406. The number of hydrogen-bond donors (Lipinski definition) is 0. The quantitative estimate of drug-likeness (QED) is 0.550. The molecule has 0 aliphatic carbocycles. The van der Waals surface area contributed by atoms with Gasteiger partial charge in [0.15, 0.2) is 0 Å². The lowest BCUT2D eigenvalue weighted by Gasteiger charge is -2.03. The van der Waals surface area contributed by atoms with Gasteiger partial charge < -0.3 is 9.47 Å². The molecule has 0 aliphatic heterocycles. The Hall–Kier alpha value is -1.86. The summed E-state index contributed by atoms with van der Waals surface area (Å²) in [6, 6.07) is 8.25. The van der Waals surface area contributed by atoms with Crippen molar-refractivity contribution >= 4 is 5.97 Å². The van der Waals surface area contributed by atoms with Crippen molar-refractivity contribution in [3.63, 3.8) is 0 Å². The van der Waals surface area contributed by atoms with Gasteiger partial charge in [-0.2, -0.15) is 5.26 Å². The van der Waals surface area contributed by atoms with E-state index in [-0.39, 0.29) is 6.61 Å². The molecule has 78 valence electrons. The van der Waals surface area contributed by atoms with Crippen LogP contribution in [0.2, 0.25) is 0 Å². The molecule has 0 saturated carbocycles. The maximum Gasteiger partial charge on any atom is 0.338 e. The van der Waals surface area contributed by atoms with Crippen LogP contribution in [0.1, 0.15) is 15.9 Å². The van der Waals surface area contributed by atoms with Crippen LogP contribution < -0.4 is 0 Å². The molecule has 4 nitrogen and oxygen atoms in total. The van der Waals surface area contributed by atoms with Crippen molar-refractivity contribution in [2.75, 3.05) is 20.3 Å². The van der Waals surface area contributed by atoms with Crippen LogP contribution in [0.3, 0.4) is 0 Å². The van der Waals surface area contributed by atoms with Gasteiger partial charge in [0.1, 0.15) is 6.61 Å². The highest BCUT2D eigenvalue weighted by Gasteiger charge is 2.05. The smallest absolute Gasteiger partial charge is 0.338 e. The number of carbonyl (C=O) groups is 1. The van der Waals surface area contributed by atoms with Crippen LogP contribution in [0.4, 0.5) is 0 Å². The molecule has 4 heteroatoms. The molecular formula is C11H11NO3. The largest absolute Gasteiger partial charge is 0.460 e. The van der Waals surface area contributed by atoms with E-state index in [1.54, 1.807) is 24.3 Å². The van der Waals surface area contributed by atoms with Crippen LogP contribution in [0.5, 0.6) is 0 Å². The normalized spacial score (nSPS) is 9.33. The van der Waals surface area contributed by atoms with E-state index in [0.29, 0.717) is 17.7 Å². The summed E-state index contributed by atoms with van der Waals surface area (Å²) in [6.45, 7) is 0.608. The minimum atomic E-state index is -0.406. The van der Waals surface area contributed by atoms with Crippen molar-refractivity contribution in [2.45, 2.75) is 0 Å². The van der Waals surface area contributed by atoms with Gasteiger partial charge in [0, 0.05) is 7.11 Å². The third-order valence-corrected chi connectivity index (χ3v) is 1.77. The molecule has 0 amide bonds. The fourth-order valence-corrected chi connectivity index (χ4v) is 0.982. The molecule has 0 bridgehead atoms. The lowest BCUT2D eigenvalue weighted by molar-refractivity contribution is 0.0388. The Morgan fingerprint density at radius 2 is 2.00 bits per heavy atom. The molecule has 15 heavy (non-hydrogen) atoms. The van der Waals surface area contributed by atoms with Gasteiger partial charge in [-0.1, -0.05) is 0 Å². The summed E-state index contributed by atoms with van der Waals surface area (Å²) < 4.78 is 9.64. The molecule has 0 fully saturated rings. The fourth-order valence-electron chi connectivity index (χ4n) is 0.982. The predicted molar refractivity (Wildman–Crippen MR) is 53.3 cm³/mol. The standard InChI is InChI=1S/C11H11NO3/c1-14-6-7-15-11(13)10-4-2-9(8-12)3-5-10/h2-5H,6-7H2,1H3. The third-order valence-electron chi connectivity index (χ3n) is 1.77. The van der Waals surface area contributed by atoms with Gasteiger partial charge in [-0.15, -0.1) is 0 Å². The number of ether oxygens (including phenoxy) is 2. The Morgan fingerprint density at radius 1 is 1.33 bits per heavy atom. The van der Waals surface area contributed by atoms with Crippen molar-refractivity contribution in [3.05, 3.63) is 35.4 Å². The molecule has 0 unspecified atom stereocenters. The minimum Gasteiger partial charge on any atom is -0.460 e.